The number of hydrogen-bond donors (Lipinski definition) is 2. The Kier molecular flexibility index (Phi) is 6.95. The maximum atomic E-state index is 12.8. The van der Waals surface area contributed by atoms with Gasteiger partial charge in [0.05, 0.1) is 34.8 Å². The molecular weight excluding hydrogens is 532 g/mol. The molecule has 1 amide bonds. The summed E-state index contributed by atoms with van der Waals surface area (Å²) in [6.07, 6.45) is 9.55. The topological polar surface area (TPSA) is 146 Å². The molecule has 1 saturated carbocycles. The number of hydrogen-bond acceptors (Lipinski definition) is 7. The average molecular weight is 566 g/mol. The minimum Gasteiger partial charge on any atom is -0.364 e. The molecule has 0 aromatic carbocycles. The molecule has 1 aliphatic heterocycles. The van der Waals surface area contributed by atoms with E-state index in [1.165, 1.54) is 12.8 Å². The van der Waals surface area contributed by atoms with Gasteiger partial charge in [0.15, 0.2) is 6.04 Å². The van der Waals surface area contributed by atoms with Crippen molar-refractivity contribution < 1.29 is 9.32 Å². The highest BCUT2D eigenvalue weighted by Gasteiger charge is 2.49. The molecule has 2 fully saturated rings. The quantitative estimate of drug-likeness (QED) is 0.318. The third-order valence-electron chi connectivity index (χ3n) is 8.86. The Morgan fingerprint density at radius 2 is 2.00 bits per heavy atom. The highest BCUT2D eigenvalue weighted by Crippen LogP contribution is 2.41. The zero-order chi connectivity index (χ0) is 28.0. The lowest BCUT2D eigenvalue weighted by Crippen LogP contribution is -2.59. The lowest BCUT2D eigenvalue weighted by Gasteiger charge is -2.36. The molecular formula is C28H34ClN8O3+. The molecule has 6 rings (SSSR count). The molecule has 2 aliphatic rings. The van der Waals surface area contributed by atoms with E-state index in [2.05, 4.69) is 33.5 Å². The van der Waals surface area contributed by atoms with Gasteiger partial charge in [0.2, 0.25) is 5.82 Å². The predicted molar refractivity (Wildman–Crippen MR) is 152 cm³/mol. The summed E-state index contributed by atoms with van der Waals surface area (Å²) in [4.78, 5) is 41.6. The second-order valence-electron chi connectivity index (χ2n) is 11.3. The molecule has 4 aromatic rings. The monoisotopic (exact) mass is 565 g/mol. The third kappa shape index (κ3) is 4.60. The fourth-order valence-electron chi connectivity index (χ4n) is 6.75. The van der Waals surface area contributed by atoms with Crippen LogP contribution in [0, 0.1) is 11.8 Å². The molecule has 0 spiro atoms. The van der Waals surface area contributed by atoms with Crippen LogP contribution < -0.4 is 16.0 Å². The first-order valence-corrected chi connectivity index (χ1v) is 14.4. The summed E-state index contributed by atoms with van der Waals surface area (Å²) in [6.45, 7) is 6.63. The van der Waals surface area contributed by atoms with E-state index in [1.807, 2.05) is 12.1 Å². The van der Waals surface area contributed by atoms with Gasteiger partial charge in [-0.05, 0) is 43.7 Å². The number of H-pyrrole nitrogens is 1. The highest BCUT2D eigenvalue weighted by molar-refractivity contribution is 6.30. The number of nitrogens with zero attached hydrogens (tertiary/aromatic N) is 6. The number of aromatic amines is 1. The maximum absolute atomic E-state index is 12.8. The Morgan fingerprint density at radius 1 is 1.20 bits per heavy atom. The summed E-state index contributed by atoms with van der Waals surface area (Å²) in [6, 6.07) is 3.27. The van der Waals surface area contributed by atoms with Gasteiger partial charge in [0.25, 0.3) is 5.91 Å². The van der Waals surface area contributed by atoms with Crippen molar-refractivity contribution in [1.29, 1.82) is 0 Å². The lowest BCUT2D eigenvalue weighted by atomic mass is 9.83. The Hall–Kier alpha value is -3.57. The summed E-state index contributed by atoms with van der Waals surface area (Å²) < 4.78 is 7.45. The largest absolute Gasteiger partial charge is 0.439 e. The summed E-state index contributed by atoms with van der Waals surface area (Å²) >= 11 is 6.38. The van der Waals surface area contributed by atoms with E-state index in [-0.39, 0.29) is 17.8 Å². The minimum atomic E-state index is -0.669. The van der Waals surface area contributed by atoms with Crippen molar-refractivity contribution in [2.45, 2.75) is 65.0 Å². The predicted octanol–water partition coefficient (Wildman–Crippen LogP) is 4.29. The number of rotatable bonds is 7. The Labute approximate surface area is 236 Å². The summed E-state index contributed by atoms with van der Waals surface area (Å²) in [5.74, 6) is 1.25. The number of nitrogens with two attached hydrogens (primary N) is 1. The molecule has 1 unspecified atom stereocenters. The van der Waals surface area contributed by atoms with Gasteiger partial charge in [0, 0.05) is 37.3 Å². The molecule has 4 aromatic heterocycles. The van der Waals surface area contributed by atoms with Crippen LogP contribution in [0.15, 0.2) is 33.8 Å². The van der Waals surface area contributed by atoms with Crippen molar-refractivity contribution in [2.75, 3.05) is 13.1 Å². The number of likely N-dealkylation sites (tertiary alicyclic amines) is 1. The number of nitrogens with one attached hydrogen (secondary N) is 1. The molecule has 2 atom stereocenters. The van der Waals surface area contributed by atoms with E-state index in [4.69, 9.17) is 31.8 Å². The van der Waals surface area contributed by atoms with E-state index >= 15 is 0 Å². The molecule has 210 valence electrons. The first kappa shape index (κ1) is 26.6. The molecule has 1 aliphatic carbocycles. The van der Waals surface area contributed by atoms with Gasteiger partial charge in [-0.1, -0.05) is 36.5 Å². The van der Waals surface area contributed by atoms with E-state index in [0.717, 1.165) is 56.2 Å². The summed E-state index contributed by atoms with van der Waals surface area (Å²) in [5.41, 5.74) is 9.26. The van der Waals surface area contributed by atoms with Crippen LogP contribution in [0.1, 0.15) is 52.4 Å². The van der Waals surface area contributed by atoms with Crippen molar-refractivity contribution in [2.24, 2.45) is 17.6 Å². The van der Waals surface area contributed by atoms with Crippen LogP contribution in [0.25, 0.3) is 33.8 Å². The van der Waals surface area contributed by atoms with Crippen LogP contribution in [-0.2, 0) is 11.3 Å². The van der Waals surface area contributed by atoms with E-state index in [0.29, 0.717) is 44.4 Å². The average Bonchev–Trinajstić information content (AvgIpc) is 3.67. The SMILES string of the molecule is CC[N+]1(c2nc3cc(-c4noc(=O)[nH]4)nc(-c4cncc(Cl)c4)c3n2C[C@H]2CC[C@H](C)CC2)CCC[C@@H]1C(N)=O. The highest BCUT2D eigenvalue weighted by atomic mass is 35.5. The molecule has 0 bridgehead atoms. The zero-order valence-corrected chi connectivity index (χ0v) is 23.5. The second-order valence-corrected chi connectivity index (χ2v) is 11.8. The van der Waals surface area contributed by atoms with Crippen LogP contribution in [-0.4, -0.2) is 54.7 Å². The molecule has 3 N–H and O–H groups in total. The first-order valence-electron chi connectivity index (χ1n) is 14.0. The second kappa shape index (κ2) is 10.4. The Morgan fingerprint density at radius 3 is 2.67 bits per heavy atom. The number of quaternary nitrogens is 1. The van der Waals surface area contributed by atoms with Crippen molar-refractivity contribution in [3.63, 3.8) is 0 Å². The fraction of sp³-hybridized carbons (Fsp3) is 0.500. The molecule has 5 heterocycles. The summed E-state index contributed by atoms with van der Waals surface area (Å²) in [7, 11) is 0. The first-order chi connectivity index (χ1) is 19.3. The van der Waals surface area contributed by atoms with Crippen molar-refractivity contribution >= 4 is 34.5 Å². The van der Waals surface area contributed by atoms with E-state index < -0.39 is 5.76 Å². The molecule has 1 saturated heterocycles. The Bertz CT molecular complexity index is 1620. The van der Waals surface area contributed by atoms with Gasteiger partial charge < -0.3 is 5.73 Å². The molecule has 0 radical (unpaired) electrons. The van der Waals surface area contributed by atoms with Gasteiger partial charge in [-0.3, -0.25) is 23.9 Å². The number of pyridine rings is 2. The van der Waals surface area contributed by atoms with Gasteiger partial charge in [-0.15, -0.1) is 0 Å². The Balaban J connectivity index is 1.64. The van der Waals surface area contributed by atoms with Crippen molar-refractivity contribution in [1.82, 2.24) is 34.1 Å². The fourth-order valence-corrected chi connectivity index (χ4v) is 6.92. The third-order valence-corrected chi connectivity index (χ3v) is 9.07. The van der Waals surface area contributed by atoms with Gasteiger partial charge in [-0.2, -0.15) is 4.98 Å². The normalized spacial score (nSPS) is 25.0. The van der Waals surface area contributed by atoms with E-state index in [9.17, 15) is 9.59 Å². The molecule has 40 heavy (non-hydrogen) atoms. The van der Waals surface area contributed by atoms with Crippen LogP contribution >= 0.6 is 11.6 Å². The number of aromatic nitrogens is 6. The zero-order valence-electron chi connectivity index (χ0n) is 22.8. The minimum absolute atomic E-state index is 0.205. The van der Waals surface area contributed by atoms with Gasteiger partial charge in [-0.25, -0.2) is 14.3 Å². The molecule has 11 nitrogen and oxygen atoms in total. The lowest BCUT2D eigenvalue weighted by molar-refractivity contribution is -0.122. The number of carbonyl (C=O) groups is 1. The maximum Gasteiger partial charge on any atom is 0.439 e. The van der Waals surface area contributed by atoms with Gasteiger partial charge >= 0.3 is 11.7 Å². The standard InChI is InChI=1S/C28H33ClN8O3/c1-3-37(10-4-5-22(37)25(30)38)27-33-20-12-21(26-34-28(39)40-35-26)32-23(18-11-19(29)14-31-13-18)24(20)36(27)15-17-8-6-16(2)7-9-17/h11-14,16-17,22H,3-10,15H2,1-2H3,(H2-,30,34,35,38,39)/p+1/t16-,17-,22-,37?/m1/s1. The van der Waals surface area contributed by atoms with Crippen molar-refractivity contribution in [3.05, 3.63) is 40.1 Å². The number of halogens is 1. The van der Waals surface area contributed by atoms with Gasteiger partial charge in [0.1, 0.15) is 5.69 Å². The van der Waals surface area contributed by atoms with Crippen LogP contribution in [0.4, 0.5) is 5.95 Å². The number of carbonyl (C=O) groups excluding carboxylic acids is 1. The van der Waals surface area contributed by atoms with Crippen LogP contribution in [0.2, 0.25) is 5.02 Å². The smallest absolute Gasteiger partial charge is 0.364 e. The van der Waals surface area contributed by atoms with Crippen LogP contribution in [0.5, 0.6) is 0 Å². The number of amides is 1. The van der Waals surface area contributed by atoms with Crippen molar-refractivity contribution in [3.8, 4) is 22.8 Å². The number of primary amides is 1. The number of fused-ring (bicyclic) bond motifs is 1. The summed E-state index contributed by atoms with van der Waals surface area (Å²) in [5, 5.41) is 4.35. The molecule has 12 heteroatoms. The number of likely N-dealkylation sites (N-methyl/N-ethyl adjacent to an activating group) is 1. The van der Waals surface area contributed by atoms with Crippen LogP contribution in [0.3, 0.4) is 0 Å². The number of imidazole rings is 1. The van der Waals surface area contributed by atoms with E-state index in [1.54, 1.807) is 12.4 Å².